The van der Waals surface area contributed by atoms with Gasteiger partial charge in [0, 0.05) is 11.5 Å². The van der Waals surface area contributed by atoms with Crippen LogP contribution in [0.5, 0.6) is 0 Å². The SMILES string of the molecule is CCC(CC)NC(CC(C)C(=O)O)C(=O)NC(C)C(=O)C(C)(CC)CC. The minimum atomic E-state index is -0.928. The van der Waals surface area contributed by atoms with E-state index in [1.54, 1.807) is 13.8 Å². The maximum atomic E-state index is 12.8. The quantitative estimate of drug-likeness (QED) is 0.463. The van der Waals surface area contributed by atoms with Gasteiger partial charge in [-0.05, 0) is 39.0 Å². The van der Waals surface area contributed by atoms with Crippen LogP contribution in [0.1, 0.15) is 80.6 Å². The number of carbonyl (C=O) groups is 3. The van der Waals surface area contributed by atoms with Gasteiger partial charge in [-0.25, -0.2) is 0 Å². The van der Waals surface area contributed by atoms with Crippen molar-refractivity contribution in [2.75, 3.05) is 0 Å². The molecule has 0 aromatic carbocycles. The molecule has 0 saturated carbocycles. The number of rotatable bonds is 13. The van der Waals surface area contributed by atoms with Crippen LogP contribution in [-0.4, -0.2) is 40.9 Å². The highest BCUT2D eigenvalue weighted by Gasteiger charge is 2.35. The first-order valence-electron chi connectivity index (χ1n) is 9.89. The van der Waals surface area contributed by atoms with Gasteiger partial charge < -0.3 is 15.7 Å². The zero-order valence-corrected chi connectivity index (χ0v) is 17.5. The predicted molar refractivity (Wildman–Crippen MR) is 104 cm³/mol. The van der Waals surface area contributed by atoms with E-state index in [1.165, 1.54) is 0 Å². The highest BCUT2D eigenvalue weighted by atomic mass is 16.4. The van der Waals surface area contributed by atoms with Gasteiger partial charge in [0.25, 0.3) is 0 Å². The van der Waals surface area contributed by atoms with Gasteiger partial charge in [-0.15, -0.1) is 0 Å². The third kappa shape index (κ3) is 7.06. The van der Waals surface area contributed by atoms with Crippen molar-refractivity contribution < 1.29 is 19.5 Å². The first-order chi connectivity index (χ1) is 12.1. The van der Waals surface area contributed by atoms with Crippen LogP contribution >= 0.6 is 0 Å². The number of ketones is 1. The van der Waals surface area contributed by atoms with Gasteiger partial charge in [0.1, 0.15) is 0 Å². The molecule has 0 rings (SSSR count). The molecule has 0 aliphatic carbocycles. The number of Topliss-reactive ketones (excluding diaryl/α,β-unsaturated/α-hetero) is 1. The molecule has 0 aromatic heterocycles. The average molecular weight is 371 g/mol. The Labute approximate surface area is 158 Å². The van der Waals surface area contributed by atoms with Gasteiger partial charge in [0.05, 0.1) is 18.0 Å². The third-order valence-corrected chi connectivity index (χ3v) is 5.66. The summed E-state index contributed by atoms with van der Waals surface area (Å²) in [6.07, 6.45) is 3.32. The van der Waals surface area contributed by atoms with Crippen molar-refractivity contribution in [3.8, 4) is 0 Å². The summed E-state index contributed by atoms with van der Waals surface area (Å²) in [7, 11) is 0. The molecule has 0 aliphatic heterocycles. The van der Waals surface area contributed by atoms with E-state index in [0.717, 1.165) is 12.8 Å². The molecule has 3 atom stereocenters. The molecule has 0 bridgehead atoms. The molecule has 3 N–H and O–H groups in total. The Morgan fingerprint density at radius 3 is 1.88 bits per heavy atom. The molecule has 26 heavy (non-hydrogen) atoms. The second-order valence-electron chi connectivity index (χ2n) is 7.57. The van der Waals surface area contributed by atoms with Crippen molar-refractivity contribution in [2.24, 2.45) is 11.3 Å². The second-order valence-corrected chi connectivity index (χ2v) is 7.57. The van der Waals surface area contributed by atoms with Crippen molar-refractivity contribution in [1.82, 2.24) is 10.6 Å². The zero-order valence-electron chi connectivity index (χ0n) is 17.5. The van der Waals surface area contributed by atoms with E-state index in [1.807, 2.05) is 34.6 Å². The molecule has 0 spiro atoms. The molecule has 6 heteroatoms. The number of amides is 1. The van der Waals surface area contributed by atoms with E-state index in [4.69, 9.17) is 0 Å². The Balaban J connectivity index is 5.20. The smallest absolute Gasteiger partial charge is 0.306 e. The van der Waals surface area contributed by atoms with Crippen LogP contribution in [0.15, 0.2) is 0 Å². The number of carbonyl (C=O) groups excluding carboxylic acids is 2. The van der Waals surface area contributed by atoms with Crippen molar-refractivity contribution >= 4 is 17.7 Å². The van der Waals surface area contributed by atoms with Crippen LogP contribution in [-0.2, 0) is 14.4 Å². The number of carboxylic acid groups (broad SMARTS) is 1. The maximum absolute atomic E-state index is 12.8. The maximum Gasteiger partial charge on any atom is 0.306 e. The normalized spacial score (nSPS) is 15.4. The fraction of sp³-hybridized carbons (Fsp3) is 0.850. The van der Waals surface area contributed by atoms with Crippen molar-refractivity contribution in [2.45, 2.75) is 98.7 Å². The molecular weight excluding hydrogens is 332 g/mol. The Bertz CT molecular complexity index is 470. The Morgan fingerprint density at radius 1 is 1.00 bits per heavy atom. The summed E-state index contributed by atoms with van der Waals surface area (Å²) in [5.41, 5.74) is -0.459. The summed E-state index contributed by atoms with van der Waals surface area (Å²) < 4.78 is 0. The highest BCUT2D eigenvalue weighted by Crippen LogP contribution is 2.28. The van der Waals surface area contributed by atoms with Gasteiger partial charge in [-0.1, -0.05) is 41.5 Å². The van der Waals surface area contributed by atoms with Crippen LogP contribution in [0.3, 0.4) is 0 Å². The molecule has 3 unspecified atom stereocenters. The van der Waals surface area contributed by atoms with E-state index in [2.05, 4.69) is 10.6 Å². The molecule has 1 amide bonds. The predicted octanol–water partition coefficient (Wildman–Crippen LogP) is 3.14. The van der Waals surface area contributed by atoms with Crippen molar-refractivity contribution in [1.29, 1.82) is 0 Å². The van der Waals surface area contributed by atoms with Crippen molar-refractivity contribution in [3.63, 3.8) is 0 Å². The Hall–Kier alpha value is -1.43. The molecule has 0 aliphatic rings. The van der Waals surface area contributed by atoms with Crippen LogP contribution in [0, 0.1) is 11.3 Å². The van der Waals surface area contributed by atoms with Gasteiger partial charge in [-0.2, -0.15) is 0 Å². The van der Waals surface area contributed by atoms with E-state index in [-0.39, 0.29) is 24.2 Å². The fourth-order valence-electron chi connectivity index (χ4n) is 3.01. The first kappa shape index (κ1) is 24.6. The Morgan fingerprint density at radius 2 is 1.50 bits per heavy atom. The lowest BCUT2D eigenvalue weighted by atomic mass is 9.78. The summed E-state index contributed by atoms with van der Waals surface area (Å²) in [6.45, 7) is 13.2. The first-order valence-corrected chi connectivity index (χ1v) is 9.89. The molecule has 0 fully saturated rings. The minimum Gasteiger partial charge on any atom is -0.481 e. The lowest BCUT2D eigenvalue weighted by molar-refractivity contribution is -0.142. The molecule has 0 saturated heterocycles. The van der Waals surface area contributed by atoms with E-state index in [9.17, 15) is 19.5 Å². The summed E-state index contributed by atoms with van der Waals surface area (Å²) in [4.78, 5) is 36.7. The number of nitrogens with one attached hydrogen (secondary N) is 2. The second kappa shape index (κ2) is 11.3. The zero-order chi connectivity index (χ0) is 20.5. The van der Waals surface area contributed by atoms with E-state index >= 15 is 0 Å². The number of aliphatic carboxylic acids is 1. The van der Waals surface area contributed by atoms with Crippen LogP contribution in [0.4, 0.5) is 0 Å². The molecule has 152 valence electrons. The van der Waals surface area contributed by atoms with Gasteiger partial charge in [-0.3, -0.25) is 14.4 Å². The van der Waals surface area contributed by atoms with Crippen LogP contribution in [0.25, 0.3) is 0 Å². The number of carboxylic acids is 1. The molecule has 0 heterocycles. The monoisotopic (exact) mass is 370 g/mol. The molecule has 6 nitrogen and oxygen atoms in total. The van der Waals surface area contributed by atoms with Gasteiger partial charge in [0.15, 0.2) is 5.78 Å². The third-order valence-electron chi connectivity index (χ3n) is 5.66. The van der Waals surface area contributed by atoms with Crippen LogP contribution < -0.4 is 10.6 Å². The highest BCUT2D eigenvalue weighted by molar-refractivity contribution is 5.93. The summed E-state index contributed by atoms with van der Waals surface area (Å²) in [5.74, 6) is -1.86. The van der Waals surface area contributed by atoms with Gasteiger partial charge >= 0.3 is 5.97 Å². The minimum absolute atomic E-state index is 0.0171. The Kier molecular flexibility index (Phi) is 10.7. The van der Waals surface area contributed by atoms with Crippen molar-refractivity contribution in [3.05, 3.63) is 0 Å². The van der Waals surface area contributed by atoms with Gasteiger partial charge in [0.2, 0.25) is 5.91 Å². The molecule has 0 aromatic rings. The summed E-state index contributed by atoms with van der Waals surface area (Å²) in [5, 5.41) is 15.3. The summed E-state index contributed by atoms with van der Waals surface area (Å²) >= 11 is 0. The molecule has 0 radical (unpaired) electrons. The van der Waals surface area contributed by atoms with E-state index < -0.39 is 29.4 Å². The lowest BCUT2D eigenvalue weighted by Gasteiger charge is -2.30. The number of hydrogen-bond acceptors (Lipinski definition) is 4. The standard InChI is InChI=1S/C20H38N2O4/c1-8-15(9-2)22-16(12-13(5)19(25)26)18(24)21-14(6)17(23)20(7,10-3)11-4/h13-16,22H,8-12H2,1-7H3,(H,21,24)(H,25,26). The fourth-order valence-corrected chi connectivity index (χ4v) is 3.01. The summed E-state index contributed by atoms with van der Waals surface area (Å²) in [6, 6.07) is -1.09. The van der Waals surface area contributed by atoms with E-state index in [0.29, 0.717) is 12.8 Å². The molecular formula is C20H38N2O4. The topological polar surface area (TPSA) is 95.5 Å². The average Bonchev–Trinajstić information content (AvgIpc) is 2.63. The lowest BCUT2D eigenvalue weighted by Crippen LogP contribution is -2.54. The largest absolute Gasteiger partial charge is 0.481 e. The van der Waals surface area contributed by atoms with Crippen LogP contribution in [0.2, 0.25) is 0 Å². The number of hydrogen-bond donors (Lipinski definition) is 3.